The summed E-state index contributed by atoms with van der Waals surface area (Å²) in [7, 11) is 1.66. The largest absolute Gasteiger partial charge is 0.497 e. The van der Waals surface area contributed by atoms with Gasteiger partial charge in [0, 0.05) is 23.5 Å². The number of ether oxygens (including phenoxy) is 1. The fourth-order valence-electron chi connectivity index (χ4n) is 2.65. The number of aryl methyl sites for hydroxylation is 1. The van der Waals surface area contributed by atoms with Gasteiger partial charge in [-0.15, -0.1) is 0 Å². The van der Waals surface area contributed by atoms with E-state index < -0.39 is 0 Å². The predicted molar refractivity (Wildman–Crippen MR) is 106 cm³/mol. The number of nitrogens with one attached hydrogen (secondary N) is 2. The summed E-state index contributed by atoms with van der Waals surface area (Å²) >= 11 is 0. The Hall–Kier alpha value is -3.27. The van der Waals surface area contributed by atoms with Gasteiger partial charge in [0.1, 0.15) is 5.75 Å². The maximum Gasteiger partial charge on any atom is 0.255 e. The minimum absolute atomic E-state index is 0.104. The van der Waals surface area contributed by atoms with Crippen molar-refractivity contribution in [1.29, 1.82) is 0 Å². The molecule has 132 valence electrons. The van der Waals surface area contributed by atoms with Gasteiger partial charge in [-0.05, 0) is 60.5 Å². The highest BCUT2D eigenvalue weighted by Gasteiger charge is 2.07. The van der Waals surface area contributed by atoms with E-state index in [9.17, 15) is 4.79 Å². The van der Waals surface area contributed by atoms with E-state index in [0.717, 1.165) is 29.2 Å². The smallest absolute Gasteiger partial charge is 0.255 e. The molecular formula is C22H22N2O2. The molecule has 2 N–H and O–H groups in total. The summed E-state index contributed by atoms with van der Waals surface area (Å²) in [5, 5.41) is 6.36. The van der Waals surface area contributed by atoms with Gasteiger partial charge in [-0.3, -0.25) is 4.79 Å². The minimum atomic E-state index is -0.104. The van der Waals surface area contributed by atoms with E-state index in [4.69, 9.17) is 4.74 Å². The number of hydrogen-bond donors (Lipinski definition) is 2. The molecule has 4 nitrogen and oxygen atoms in total. The number of carbonyl (C=O) groups is 1. The second-order valence-corrected chi connectivity index (χ2v) is 6.05. The molecule has 0 saturated carbocycles. The zero-order valence-corrected chi connectivity index (χ0v) is 15.0. The molecule has 0 spiro atoms. The van der Waals surface area contributed by atoms with Crippen molar-refractivity contribution in [2.24, 2.45) is 0 Å². The molecule has 0 heterocycles. The van der Waals surface area contributed by atoms with Crippen molar-refractivity contribution in [2.45, 2.75) is 13.5 Å². The lowest BCUT2D eigenvalue weighted by atomic mass is 10.1. The molecule has 4 heteroatoms. The van der Waals surface area contributed by atoms with Gasteiger partial charge in [-0.1, -0.05) is 30.3 Å². The average molecular weight is 346 g/mol. The summed E-state index contributed by atoms with van der Waals surface area (Å²) in [5.41, 5.74) is 4.65. The molecule has 0 fully saturated rings. The van der Waals surface area contributed by atoms with Gasteiger partial charge in [0.15, 0.2) is 0 Å². The van der Waals surface area contributed by atoms with Crippen LogP contribution in [-0.2, 0) is 6.54 Å². The quantitative estimate of drug-likeness (QED) is 0.669. The van der Waals surface area contributed by atoms with Gasteiger partial charge in [-0.2, -0.15) is 0 Å². The normalized spacial score (nSPS) is 10.2. The molecule has 0 bridgehead atoms. The first-order valence-electron chi connectivity index (χ1n) is 8.49. The first-order valence-corrected chi connectivity index (χ1v) is 8.49. The number of anilines is 2. The average Bonchev–Trinajstić information content (AvgIpc) is 2.69. The Kier molecular flexibility index (Phi) is 5.54. The van der Waals surface area contributed by atoms with Gasteiger partial charge in [-0.25, -0.2) is 0 Å². The summed E-state index contributed by atoms with van der Waals surface area (Å²) in [6.45, 7) is 2.71. The van der Waals surface area contributed by atoms with Gasteiger partial charge >= 0.3 is 0 Å². The highest BCUT2D eigenvalue weighted by atomic mass is 16.5. The molecule has 26 heavy (non-hydrogen) atoms. The third-order valence-electron chi connectivity index (χ3n) is 4.17. The lowest BCUT2D eigenvalue weighted by Crippen LogP contribution is -2.12. The van der Waals surface area contributed by atoms with Crippen molar-refractivity contribution in [3.8, 4) is 5.75 Å². The lowest BCUT2D eigenvalue weighted by molar-refractivity contribution is 0.102. The van der Waals surface area contributed by atoms with Crippen LogP contribution >= 0.6 is 0 Å². The number of methoxy groups -OCH3 is 1. The monoisotopic (exact) mass is 346 g/mol. The van der Waals surface area contributed by atoms with E-state index in [0.29, 0.717) is 5.56 Å². The van der Waals surface area contributed by atoms with Crippen LogP contribution in [0, 0.1) is 6.92 Å². The van der Waals surface area contributed by atoms with Gasteiger partial charge in [0.05, 0.1) is 7.11 Å². The Labute approximate surface area is 153 Å². The molecule has 0 radical (unpaired) electrons. The SMILES string of the molecule is COc1ccc(CNc2ccc(NC(=O)c3ccccc3)c(C)c2)cc1. The van der Waals surface area contributed by atoms with Crippen LogP contribution in [0.15, 0.2) is 72.8 Å². The fraction of sp³-hybridized carbons (Fsp3) is 0.136. The van der Waals surface area contributed by atoms with E-state index in [1.807, 2.05) is 67.6 Å². The van der Waals surface area contributed by atoms with Crippen molar-refractivity contribution < 1.29 is 9.53 Å². The van der Waals surface area contributed by atoms with Crippen molar-refractivity contribution in [3.63, 3.8) is 0 Å². The Morgan fingerprint density at radius 1 is 0.962 bits per heavy atom. The van der Waals surface area contributed by atoms with E-state index in [1.165, 1.54) is 5.56 Å². The maximum atomic E-state index is 12.3. The van der Waals surface area contributed by atoms with E-state index in [2.05, 4.69) is 10.6 Å². The van der Waals surface area contributed by atoms with Gasteiger partial charge < -0.3 is 15.4 Å². The van der Waals surface area contributed by atoms with Crippen LogP contribution in [0.1, 0.15) is 21.5 Å². The first kappa shape index (κ1) is 17.5. The molecule has 0 aromatic heterocycles. The number of hydrogen-bond acceptors (Lipinski definition) is 3. The molecule has 0 aliphatic rings. The number of amides is 1. The van der Waals surface area contributed by atoms with Gasteiger partial charge in [0.2, 0.25) is 0 Å². The number of benzene rings is 3. The molecule has 0 aliphatic carbocycles. The zero-order valence-electron chi connectivity index (χ0n) is 15.0. The predicted octanol–water partition coefficient (Wildman–Crippen LogP) is 4.87. The molecule has 3 aromatic carbocycles. The van der Waals surface area contributed by atoms with E-state index in [1.54, 1.807) is 19.2 Å². The molecule has 3 aromatic rings. The molecule has 3 rings (SSSR count). The van der Waals surface area contributed by atoms with Crippen LogP contribution in [-0.4, -0.2) is 13.0 Å². The summed E-state index contributed by atoms with van der Waals surface area (Å²) < 4.78 is 5.17. The zero-order chi connectivity index (χ0) is 18.4. The summed E-state index contributed by atoms with van der Waals surface area (Å²) in [5.74, 6) is 0.746. The molecule has 0 saturated heterocycles. The molecular weight excluding hydrogens is 324 g/mol. The molecule has 0 unspecified atom stereocenters. The van der Waals surface area contributed by atoms with E-state index >= 15 is 0 Å². The highest BCUT2D eigenvalue weighted by molar-refractivity contribution is 6.04. The van der Waals surface area contributed by atoms with Crippen molar-refractivity contribution in [2.75, 3.05) is 17.7 Å². The topological polar surface area (TPSA) is 50.4 Å². The second-order valence-electron chi connectivity index (χ2n) is 6.05. The third kappa shape index (κ3) is 4.42. The third-order valence-corrected chi connectivity index (χ3v) is 4.17. The maximum absolute atomic E-state index is 12.3. The lowest BCUT2D eigenvalue weighted by Gasteiger charge is -2.12. The van der Waals surface area contributed by atoms with E-state index in [-0.39, 0.29) is 5.91 Å². The molecule has 0 atom stereocenters. The van der Waals surface area contributed by atoms with Crippen molar-refractivity contribution in [1.82, 2.24) is 0 Å². The van der Waals surface area contributed by atoms with Crippen molar-refractivity contribution >= 4 is 17.3 Å². The molecule has 0 aliphatic heterocycles. The van der Waals surface area contributed by atoms with Crippen LogP contribution in [0.4, 0.5) is 11.4 Å². The summed E-state index contributed by atoms with van der Waals surface area (Å²) in [6.07, 6.45) is 0. The fourth-order valence-corrected chi connectivity index (χ4v) is 2.65. The van der Waals surface area contributed by atoms with Crippen LogP contribution in [0.25, 0.3) is 0 Å². The van der Waals surface area contributed by atoms with Crippen LogP contribution in [0.2, 0.25) is 0 Å². The van der Waals surface area contributed by atoms with Crippen LogP contribution < -0.4 is 15.4 Å². The summed E-state index contributed by atoms with van der Waals surface area (Å²) in [6, 6.07) is 23.1. The molecule has 1 amide bonds. The number of carbonyl (C=O) groups excluding carboxylic acids is 1. The highest BCUT2D eigenvalue weighted by Crippen LogP contribution is 2.21. The standard InChI is InChI=1S/C22H22N2O2/c1-16-14-19(23-15-17-8-11-20(26-2)12-9-17)10-13-21(16)24-22(25)18-6-4-3-5-7-18/h3-14,23H,15H2,1-2H3,(H,24,25). The van der Waals surface area contributed by atoms with Crippen molar-refractivity contribution in [3.05, 3.63) is 89.5 Å². The Bertz CT molecular complexity index is 874. The first-order chi connectivity index (χ1) is 12.7. The van der Waals surface area contributed by atoms with Crippen LogP contribution in [0.5, 0.6) is 5.75 Å². The number of rotatable bonds is 6. The summed E-state index contributed by atoms with van der Waals surface area (Å²) in [4.78, 5) is 12.3. The Balaban J connectivity index is 1.62. The Morgan fingerprint density at radius 3 is 2.35 bits per heavy atom. The Morgan fingerprint density at radius 2 is 1.69 bits per heavy atom. The van der Waals surface area contributed by atoms with Crippen LogP contribution in [0.3, 0.4) is 0 Å². The second kappa shape index (κ2) is 8.21. The van der Waals surface area contributed by atoms with Gasteiger partial charge in [0.25, 0.3) is 5.91 Å². The minimum Gasteiger partial charge on any atom is -0.497 e.